The Morgan fingerprint density at radius 2 is 2.19 bits per heavy atom. The fourth-order valence-corrected chi connectivity index (χ4v) is 1.99. The van der Waals surface area contributed by atoms with E-state index >= 15 is 0 Å². The number of halogens is 1. The van der Waals surface area contributed by atoms with Crippen molar-refractivity contribution in [2.75, 3.05) is 32.2 Å². The largest absolute Gasteiger partial charge is 0.465 e. The molecule has 1 saturated heterocycles. The van der Waals surface area contributed by atoms with Gasteiger partial charge in [-0.3, -0.25) is 4.79 Å². The molecule has 6 nitrogen and oxygen atoms in total. The van der Waals surface area contributed by atoms with E-state index in [9.17, 15) is 9.59 Å². The lowest BCUT2D eigenvalue weighted by molar-refractivity contribution is -0.120. The van der Waals surface area contributed by atoms with Gasteiger partial charge in [-0.05, 0) is 24.6 Å². The molecule has 0 bridgehead atoms. The minimum Gasteiger partial charge on any atom is -0.465 e. The second-order valence-electron chi connectivity index (χ2n) is 4.59. The van der Waals surface area contributed by atoms with Crippen molar-refractivity contribution in [1.29, 1.82) is 0 Å². The highest BCUT2D eigenvalue weighted by Gasteiger charge is 2.21. The van der Waals surface area contributed by atoms with E-state index < -0.39 is 5.97 Å². The fourth-order valence-electron chi connectivity index (χ4n) is 1.99. The average molecular weight is 315 g/mol. The molecular formula is C14H19ClN2O4. The summed E-state index contributed by atoms with van der Waals surface area (Å²) in [5.41, 5.74) is 1.81. The molecule has 1 amide bonds. The van der Waals surface area contributed by atoms with Crippen LogP contribution in [0.25, 0.3) is 0 Å². The molecule has 1 aliphatic heterocycles. The number of nitrogens with one attached hydrogen (secondary N) is 2. The van der Waals surface area contributed by atoms with Crippen molar-refractivity contribution >= 4 is 30.0 Å². The number of ether oxygens (including phenoxy) is 2. The second-order valence-corrected chi connectivity index (χ2v) is 4.59. The van der Waals surface area contributed by atoms with Gasteiger partial charge in [0.2, 0.25) is 5.91 Å². The second kappa shape index (κ2) is 7.97. The molecular weight excluding hydrogens is 296 g/mol. The molecule has 1 aliphatic rings. The number of anilines is 1. The molecule has 1 aromatic rings. The standard InChI is InChI=1S/C14H18N2O4.ClH/c1-9-3-4-10(7-11(9)14(18)19-2)16-13(17)12-8-20-6-5-15-12;/h3-4,7,12,15H,5-6,8H2,1-2H3,(H,16,17);1H. The Morgan fingerprint density at radius 3 is 2.81 bits per heavy atom. The Labute approximate surface area is 129 Å². The number of rotatable bonds is 3. The zero-order valence-corrected chi connectivity index (χ0v) is 12.8. The summed E-state index contributed by atoms with van der Waals surface area (Å²) in [6.45, 7) is 3.43. The van der Waals surface area contributed by atoms with Crippen LogP contribution in [0.4, 0.5) is 5.69 Å². The number of amides is 1. The summed E-state index contributed by atoms with van der Waals surface area (Å²) in [6.07, 6.45) is 0. The van der Waals surface area contributed by atoms with Crippen molar-refractivity contribution in [1.82, 2.24) is 5.32 Å². The van der Waals surface area contributed by atoms with Gasteiger partial charge in [-0.25, -0.2) is 4.79 Å². The maximum atomic E-state index is 12.0. The molecule has 1 fully saturated rings. The van der Waals surface area contributed by atoms with Gasteiger partial charge in [-0.15, -0.1) is 12.4 Å². The van der Waals surface area contributed by atoms with Crippen LogP contribution >= 0.6 is 12.4 Å². The Morgan fingerprint density at radius 1 is 1.43 bits per heavy atom. The third-order valence-electron chi connectivity index (χ3n) is 3.15. The van der Waals surface area contributed by atoms with Gasteiger partial charge in [0.15, 0.2) is 0 Å². The zero-order valence-electron chi connectivity index (χ0n) is 12.0. The van der Waals surface area contributed by atoms with Crippen LogP contribution < -0.4 is 10.6 Å². The molecule has 0 spiro atoms. The van der Waals surface area contributed by atoms with Crippen LogP contribution in [0.2, 0.25) is 0 Å². The van der Waals surface area contributed by atoms with Gasteiger partial charge < -0.3 is 20.1 Å². The fraction of sp³-hybridized carbons (Fsp3) is 0.429. The Kier molecular flexibility index (Phi) is 6.61. The molecule has 116 valence electrons. The predicted molar refractivity (Wildman–Crippen MR) is 81.0 cm³/mol. The third-order valence-corrected chi connectivity index (χ3v) is 3.15. The van der Waals surface area contributed by atoms with Crippen LogP contribution in [-0.4, -0.2) is 44.8 Å². The maximum absolute atomic E-state index is 12.0. The summed E-state index contributed by atoms with van der Waals surface area (Å²) in [4.78, 5) is 23.6. The first-order valence-corrected chi connectivity index (χ1v) is 6.43. The number of benzene rings is 1. The summed E-state index contributed by atoms with van der Waals surface area (Å²) in [7, 11) is 1.33. The van der Waals surface area contributed by atoms with E-state index in [0.29, 0.717) is 31.0 Å². The molecule has 1 heterocycles. The number of methoxy groups -OCH3 is 1. The van der Waals surface area contributed by atoms with E-state index in [4.69, 9.17) is 9.47 Å². The molecule has 0 radical (unpaired) electrons. The van der Waals surface area contributed by atoms with Gasteiger partial charge in [-0.1, -0.05) is 6.07 Å². The third kappa shape index (κ3) is 4.42. The quantitative estimate of drug-likeness (QED) is 0.818. The molecule has 2 rings (SSSR count). The van der Waals surface area contributed by atoms with E-state index in [1.807, 2.05) is 6.92 Å². The zero-order chi connectivity index (χ0) is 14.5. The summed E-state index contributed by atoms with van der Waals surface area (Å²) in [6, 6.07) is 4.77. The van der Waals surface area contributed by atoms with Crippen molar-refractivity contribution in [3.63, 3.8) is 0 Å². The van der Waals surface area contributed by atoms with Crippen molar-refractivity contribution in [3.8, 4) is 0 Å². The number of esters is 1. The minimum atomic E-state index is -0.419. The lowest BCUT2D eigenvalue weighted by Crippen LogP contribution is -2.48. The number of hydrogen-bond donors (Lipinski definition) is 2. The number of aryl methyl sites for hydroxylation is 1. The summed E-state index contributed by atoms with van der Waals surface area (Å²) < 4.78 is 9.95. The van der Waals surface area contributed by atoms with Crippen LogP contribution in [0, 0.1) is 6.92 Å². The molecule has 1 unspecified atom stereocenters. The lowest BCUT2D eigenvalue weighted by Gasteiger charge is -2.23. The van der Waals surface area contributed by atoms with Crippen LogP contribution in [0.15, 0.2) is 18.2 Å². The number of hydrogen-bond acceptors (Lipinski definition) is 5. The molecule has 1 atom stereocenters. The Hall–Kier alpha value is -1.63. The van der Waals surface area contributed by atoms with Crippen molar-refractivity contribution in [2.45, 2.75) is 13.0 Å². The van der Waals surface area contributed by atoms with Crippen molar-refractivity contribution in [3.05, 3.63) is 29.3 Å². The maximum Gasteiger partial charge on any atom is 0.338 e. The number of morpholine rings is 1. The highest BCUT2D eigenvalue weighted by molar-refractivity contribution is 5.97. The molecule has 7 heteroatoms. The van der Waals surface area contributed by atoms with Gasteiger partial charge in [0, 0.05) is 12.2 Å². The summed E-state index contributed by atoms with van der Waals surface area (Å²) >= 11 is 0. The molecule has 0 saturated carbocycles. The topological polar surface area (TPSA) is 76.7 Å². The van der Waals surface area contributed by atoms with Crippen LogP contribution in [0.1, 0.15) is 15.9 Å². The smallest absolute Gasteiger partial charge is 0.338 e. The Balaban J connectivity index is 0.00000220. The number of carbonyl (C=O) groups excluding carboxylic acids is 2. The monoisotopic (exact) mass is 314 g/mol. The van der Waals surface area contributed by atoms with Gasteiger partial charge in [0.1, 0.15) is 6.04 Å². The van der Waals surface area contributed by atoms with Gasteiger partial charge >= 0.3 is 5.97 Å². The molecule has 0 aliphatic carbocycles. The van der Waals surface area contributed by atoms with Crippen LogP contribution in [0.3, 0.4) is 0 Å². The first-order valence-electron chi connectivity index (χ1n) is 6.43. The predicted octanol–water partition coefficient (Wildman–Crippen LogP) is 1.13. The van der Waals surface area contributed by atoms with E-state index in [1.165, 1.54) is 7.11 Å². The Bertz CT molecular complexity index is 516. The van der Waals surface area contributed by atoms with Gasteiger partial charge in [0.05, 0.1) is 25.9 Å². The lowest BCUT2D eigenvalue weighted by atomic mass is 10.1. The average Bonchev–Trinajstić information content (AvgIpc) is 2.49. The van der Waals surface area contributed by atoms with Gasteiger partial charge in [0.25, 0.3) is 0 Å². The van der Waals surface area contributed by atoms with Crippen molar-refractivity contribution < 1.29 is 19.1 Å². The van der Waals surface area contributed by atoms with E-state index in [0.717, 1.165) is 5.56 Å². The number of carbonyl (C=O) groups is 2. The minimum absolute atomic E-state index is 0. The first kappa shape index (κ1) is 17.4. The highest BCUT2D eigenvalue weighted by atomic mass is 35.5. The normalized spacial score (nSPS) is 17.5. The molecule has 1 aromatic carbocycles. The summed E-state index contributed by atoms with van der Waals surface area (Å²) in [5, 5.41) is 5.84. The summed E-state index contributed by atoms with van der Waals surface area (Å²) in [5.74, 6) is -0.595. The molecule has 2 N–H and O–H groups in total. The molecule has 21 heavy (non-hydrogen) atoms. The van der Waals surface area contributed by atoms with E-state index in [1.54, 1.807) is 18.2 Å². The van der Waals surface area contributed by atoms with Crippen molar-refractivity contribution in [2.24, 2.45) is 0 Å². The van der Waals surface area contributed by atoms with Gasteiger partial charge in [-0.2, -0.15) is 0 Å². The van der Waals surface area contributed by atoms with Crippen LogP contribution in [-0.2, 0) is 14.3 Å². The highest BCUT2D eigenvalue weighted by Crippen LogP contribution is 2.16. The van der Waals surface area contributed by atoms with Crippen LogP contribution in [0.5, 0.6) is 0 Å². The first-order chi connectivity index (χ1) is 9.61. The molecule has 0 aromatic heterocycles. The van der Waals surface area contributed by atoms with E-state index in [-0.39, 0.29) is 24.4 Å². The SMILES string of the molecule is COC(=O)c1cc(NC(=O)C2COCCN2)ccc1C.Cl. The van der Waals surface area contributed by atoms with E-state index in [2.05, 4.69) is 10.6 Å².